The monoisotopic (exact) mass is 236 g/mol. The van der Waals surface area contributed by atoms with Gasteiger partial charge in [0, 0.05) is 0 Å². The van der Waals surface area contributed by atoms with Crippen molar-refractivity contribution in [2.24, 2.45) is 11.8 Å². The highest BCUT2D eigenvalue weighted by molar-refractivity contribution is 5.08. The number of aryl methyl sites for hydroxylation is 1. The molecule has 0 bridgehead atoms. The molecular weight excluding hydrogens is 216 g/mol. The van der Waals surface area contributed by atoms with E-state index in [0.717, 1.165) is 12.8 Å². The Hall–Kier alpha value is -1.32. The molecule has 94 valence electrons. The summed E-state index contributed by atoms with van der Waals surface area (Å²) in [5.41, 5.74) is -0.149. The summed E-state index contributed by atoms with van der Waals surface area (Å²) in [7, 11) is 0. The van der Waals surface area contributed by atoms with E-state index in [4.69, 9.17) is 4.74 Å². The van der Waals surface area contributed by atoms with E-state index in [0.29, 0.717) is 23.5 Å². The second kappa shape index (κ2) is 4.90. The van der Waals surface area contributed by atoms with E-state index in [9.17, 15) is 4.79 Å². The number of H-pyrrole nitrogens is 1. The summed E-state index contributed by atoms with van der Waals surface area (Å²) in [6.45, 7) is 6.27. The van der Waals surface area contributed by atoms with Gasteiger partial charge in [0.15, 0.2) is 0 Å². The van der Waals surface area contributed by atoms with Gasteiger partial charge < -0.3 is 9.72 Å². The van der Waals surface area contributed by atoms with Gasteiger partial charge in [-0.2, -0.15) is 0 Å². The first-order chi connectivity index (χ1) is 8.02. The molecule has 0 amide bonds. The molecule has 1 aliphatic carbocycles. The van der Waals surface area contributed by atoms with Gasteiger partial charge in [0.2, 0.25) is 5.88 Å². The molecule has 1 saturated carbocycles. The number of nitrogens with zero attached hydrogens (tertiary/aromatic N) is 1. The van der Waals surface area contributed by atoms with E-state index in [2.05, 4.69) is 23.8 Å². The van der Waals surface area contributed by atoms with Crippen molar-refractivity contribution in [3.8, 4) is 5.88 Å². The first kappa shape index (κ1) is 12.1. The lowest BCUT2D eigenvalue weighted by molar-refractivity contribution is 0.0963. The summed E-state index contributed by atoms with van der Waals surface area (Å²) in [5, 5.41) is 0. The molecule has 0 saturated heterocycles. The van der Waals surface area contributed by atoms with Gasteiger partial charge in [0.05, 0.1) is 6.07 Å². The number of rotatable bonds is 2. The van der Waals surface area contributed by atoms with Gasteiger partial charge in [-0.3, -0.25) is 4.79 Å². The van der Waals surface area contributed by atoms with Crippen molar-refractivity contribution in [2.75, 3.05) is 0 Å². The fourth-order valence-electron chi connectivity index (χ4n) is 2.75. The topological polar surface area (TPSA) is 55.0 Å². The highest BCUT2D eigenvalue weighted by Crippen LogP contribution is 2.30. The first-order valence-electron chi connectivity index (χ1n) is 6.27. The van der Waals surface area contributed by atoms with E-state index in [1.807, 2.05) is 0 Å². The van der Waals surface area contributed by atoms with Gasteiger partial charge in [0.1, 0.15) is 11.9 Å². The smallest absolute Gasteiger partial charge is 0.254 e. The maximum absolute atomic E-state index is 11.3. The minimum Gasteiger partial charge on any atom is -0.474 e. The van der Waals surface area contributed by atoms with Crippen LogP contribution in [0.15, 0.2) is 10.9 Å². The zero-order chi connectivity index (χ0) is 12.4. The molecule has 1 aliphatic rings. The molecule has 1 aromatic heterocycles. The standard InChI is InChI=1S/C13H20N2O2/c1-8-4-9(2)6-11(5-8)17-13-7-12(16)14-10(3)15-13/h7-9,11H,4-6H2,1-3H3,(H,14,15,16). The number of hydrogen-bond donors (Lipinski definition) is 1. The fourth-order valence-corrected chi connectivity index (χ4v) is 2.75. The van der Waals surface area contributed by atoms with E-state index in [-0.39, 0.29) is 11.7 Å². The zero-order valence-electron chi connectivity index (χ0n) is 10.7. The van der Waals surface area contributed by atoms with Gasteiger partial charge in [-0.25, -0.2) is 4.98 Å². The lowest BCUT2D eigenvalue weighted by Crippen LogP contribution is -2.29. The second-order valence-electron chi connectivity index (χ2n) is 5.33. The Kier molecular flexibility index (Phi) is 3.50. The van der Waals surface area contributed by atoms with E-state index in [1.165, 1.54) is 12.5 Å². The Morgan fingerprint density at radius 2 is 1.94 bits per heavy atom. The maximum atomic E-state index is 11.3. The lowest BCUT2D eigenvalue weighted by Gasteiger charge is -2.31. The summed E-state index contributed by atoms with van der Waals surface area (Å²) in [4.78, 5) is 18.1. The molecule has 1 aromatic rings. The van der Waals surface area contributed by atoms with Gasteiger partial charge >= 0.3 is 0 Å². The Balaban J connectivity index is 2.07. The largest absolute Gasteiger partial charge is 0.474 e. The van der Waals surface area contributed by atoms with Crippen molar-refractivity contribution in [1.82, 2.24) is 9.97 Å². The number of hydrogen-bond acceptors (Lipinski definition) is 3. The summed E-state index contributed by atoms with van der Waals surface area (Å²) in [6, 6.07) is 1.43. The van der Waals surface area contributed by atoms with Crippen molar-refractivity contribution < 1.29 is 4.74 Å². The number of aromatic amines is 1. The highest BCUT2D eigenvalue weighted by Gasteiger charge is 2.25. The van der Waals surface area contributed by atoms with Crippen LogP contribution in [0, 0.1) is 18.8 Å². The average molecular weight is 236 g/mol. The van der Waals surface area contributed by atoms with Gasteiger partial charge in [-0.1, -0.05) is 13.8 Å². The minimum absolute atomic E-state index is 0.149. The third-order valence-corrected chi connectivity index (χ3v) is 3.26. The fraction of sp³-hybridized carbons (Fsp3) is 0.692. The van der Waals surface area contributed by atoms with Crippen LogP contribution in [0.4, 0.5) is 0 Å². The molecule has 1 N–H and O–H groups in total. The van der Waals surface area contributed by atoms with Crippen LogP contribution in [-0.2, 0) is 0 Å². The third kappa shape index (κ3) is 3.32. The minimum atomic E-state index is -0.149. The molecule has 0 aliphatic heterocycles. The van der Waals surface area contributed by atoms with E-state index in [1.54, 1.807) is 6.92 Å². The van der Waals surface area contributed by atoms with Gasteiger partial charge in [-0.15, -0.1) is 0 Å². The Bertz CT molecular complexity index is 431. The summed E-state index contributed by atoms with van der Waals surface area (Å²) in [5.74, 6) is 2.43. The van der Waals surface area contributed by atoms with Gasteiger partial charge in [-0.05, 0) is 38.0 Å². The molecule has 2 unspecified atom stereocenters. The van der Waals surface area contributed by atoms with E-state index >= 15 is 0 Å². The first-order valence-corrected chi connectivity index (χ1v) is 6.27. The van der Waals surface area contributed by atoms with Crippen LogP contribution in [0.1, 0.15) is 38.9 Å². The van der Waals surface area contributed by atoms with Crippen LogP contribution in [0.2, 0.25) is 0 Å². The lowest BCUT2D eigenvalue weighted by atomic mass is 9.82. The van der Waals surface area contributed by atoms with Crippen molar-refractivity contribution in [2.45, 2.75) is 46.1 Å². The SMILES string of the molecule is Cc1nc(OC2CC(C)CC(C)C2)cc(=O)[nH]1. The van der Waals surface area contributed by atoms with Crippen LogP contribution < -0.4 is 10.3 Å². The molecular formula is C13H20N2O2. The molecule has 0 spiro atoms. The summed E-state index contributed by atoms with van der Waals surface area (Å²) < 4.78 is 5.83. The van der Waals surface area contributed by atoms with Crippen LogP contribution in [0.5, 0.6) is 5.88 Å². The van der Waals surface area contributed by atoms with E-state index < -0.39 is 0 Å². The summed E-state index contributed by atoms with van der Waals surface area (Å²) >= 11 is 0. The number of ether oxygens (including phenoxy) is 1. The molecule has 17 heavy (non-hydrogen) atoms. The van der Waals surface area contributed by atoms with Crippen LogP contribution in [0.3, 0.4) is 0 Å². The van der Waals surface area contributed by atoms with Crippen LogP contribution in [0.25, 0.3) is 0 Å². The molecule has 4 nitrogen and oxygen atoms in total. The molecule has 2 rings (SSSR count). The predicted molar refractivity (Wildman–Crippen MR) is 66.2 cm³/mol. The van der Waals surface area contributed by atoms with Crippen molar-refractivity contribution in [1.29, 1.82) is 0 Å². The van der Waals surface area contributed by atoms with Crippen molar-refractivity contribution >= 4 is 0 Å². The van der Waals surface area contributed by atoms with Crippen LogP contribution >= 0.6 is 0 Å². The highest BCUT2D eigenvalue weighted by atomic mass is 16.5. The van der Waals surface area contributed by atoms with Gasteiger partial charge in [0.25, 0.3) is 5.56 Å². The number of nitrogens with one attached hydrogen (secondary N) is 1. The average Bonchev–Trinajstić information content (AvgIpc) is 2.13. The zero-order valence-corrected chi connectivity index (χ0v) is 10.7. The second-order valence-corrected chi connectivity index (χ2v) is 5.33. The van der Waals surface area contributed by atoms with Crippen LogP contribution in [-0.4, -0.2) is 16.1 Å². The quantitative estimate of drug-likeness (QED) is 0.857. The normalized spacial score (nSPS) is 29.0. The molecule has 0 aromatic carbocycles. The Morgan fingerprint density at radius 3 is 2.53 bits per heavy atom. The molecule has 1 fully saturated rings. The Labute approximate surface area is 101 Å². The molecule has 4 heteroatoms. The number of aromatic nitrogens is 2. The maximum Gasteiger partial charge on any atom is 0.254 e. The predicted octanol–water partition coefficient (Wildman–Crippen LogP) is 2.28. The molecule has 1 heterocycles. The Morgan fingerprint density at radius 1 is 1.29 bits per heavy atom. The summed E-state index contributed by atoms with van der Waals surface area (Å²) in [6.07, 6.45) is 3.57. The van der Waals surface area contributed by atoms with Crippen molar-refractivity contribution in [3.05, 3.63) is 22.2 Å². The molecule has 0 radical (unpaired) electrons. The molecule has 2 atom stereocenters. The third-order valence-electron chi connectivity index (χ3n) is 3.26. The van der Waals surface area contributed by atoms with Crippen molar-refractivity contribution in [3.63, 3.8) is 0 Å².